The van der Waals surface area contributed by atoms with Crippen molar-refractivity contribution in [2.75, 3.05) is 17.2 Å². The highest BCUT2D eigenvalue weighted by molar-refractivity contribution is 5.86. The zero-order valence-corrected chi connectivity index (χ0v) is 10.0. The van der Waals surface area contributed by atoms with E-state index in [9.17, 15) is 0 Å². The first-order valence-corrected chi connectivity index (χ1v) is 6.21. The molecule has 2 heterocycles. The van der Waals surface area contributed by atoms with Crippen LogP contribution >= 0.6 is 0 Å². The Morgan fingerprint density at radius 1 is 1.53 bits per heavy atom. The van der Waals surface area contributed by atoms with Crippen molar-refractivity contribution in [2.45, 2.75) is 32.2 Å². The second-order valence-corrected chi connectivity index (χ2v) is 4.59. The number of aromatic nitrogens is 1. The first-order chi connectivity index (χ1) is 8.29. The summed E-state index contributed by atoms with van der Waals surface area (Å²) in [7, 11) is 0. The topological polar surface area (TPSA) is 55.3 Å². The van der Waals surface area contributed by atoms with Crippen LogP contribution in [0.4, 0.5) is 11.7 Å². The van der Waals surface area contributed by atoms with Crippen LogP contribution < -0.4 is 10.6 Å². The summed E-state index contributed by atoms with van der Waals surface area (Å²) in [5.74, 6) is 0. The molecule has 1 fully saturated rings. The van der Waals surface area contributed by atoms with Gasteiger partial charge in [0.15, 0.2) is 5.58 Å². The lowest BCUT2D eigenvalue weighted by Crippen LogP contribution is -2.28. The highest BCUT2D eigenvalue weighted by Gasteiger charge is 2.27. The normalized spacial score (nSPS) is 20.3. The second kappa shape index (κ2) is 3.95. The maximum Gasteiger partial charge on any atom is 0.298 e. The number of rotatable bonds is 2. The van der Waals surface area contributed by atoms with E-state index in [0.29, 0.717) is 11.7 Å². The maximum atomic E-state index is 5.89. The quantitative estimate of drug-likeness (QED) is 0.807. The van der Waals surface area contributed by atoms with E-state index in [4.69, 9.17) is 10.2 Å². The van der Waals surface area contributed by atoms with E-state index in [0.717, 1.165) is 30.1 Å². The van der Waals surface area contributed by atoms with Gasteiger partial charge in [0.2, 0.25) is 0 Å². The van der Waals surface area contributed by atoms with Gasteiger partial charge in [-0.2, -0.15) is 4.98 Å². The Morgan fingerprint density at radius 3 is 3.18 bits per heavy atom. The molecule has 0 spiro atoms. The van der Waals surface area contributed by atoms with Gasteiger partial charge in [-0.15, -0.1) is 0 Å². The Bertz CT molecular complexity index is 534. The molecule has 0 aliphatic carbocycles. The molecule has 0 radical (unpaired) electrons. The number of fused-ring (bicyclic) bond motifs is 1. The van der Waals surface area contributed by atoms with Crippen molar-refractivity contribution in [3.63, 3.8) is 0 Å². The fourth-order valence-corrected chi connectivity index (χ4v) is 2.59. The lowest BCUT2D eigenvalue weighted by atomic mass is 10.2. The monoisotopic (exact) mass is 231 g/mol. The van der Waals surface area contributed by atoms with Crippen LogP contribution in [0.2, 0.25) is 0 Å². The van der Waals surface area contributed by atoms with Gasteiger partial charge in [0.25, 0.3) is 6.01 Å². The summed E-state index contributed by atoms with van der Waals surface area (Å²) < 4.78 is 5.80. The van der Waals surface area contributed by atoms with Gasteiger partial charge < -0.3 is 15.1 Å². The highest BCUT2D eigenvalue weighted by atomic mass is 16.4. The van der Waals surface area contributed by atoms with Crippen LogP contribution in [0.5, 0.6) is 0 Å². The second-order valence-electron chi connectivity index (χ2n) is 4.59. The minimum absolute atomic E-state index is 0.560. The Kier molecular flexibility index (Phi) is 2.42. The molecule has 2 N–H and O–H groups in total. The van der Waals surface area contributed by atoms with Crippen molar-refractivity contribution in [3.8, 4) is 0 Å². The number of nitrogens with zero attached hydrogens (tertiary/aromatic N) is 2. The molecule has 0 bridgehead atoms. The molecule has 0 amide bonds. The van der Waals surface area contributed by atoms with Crippen LogP contribution in [0.15, 0.2) is 22.6 Å². The van der Waals surface area contributed by atoms with E-state index in [1.807, 2.05) is 18.2 Å². The zero-order valence-electron chi connectivity index (χ0n) is 10.0. The van der Waals surface area contributed by atoms with Gasteiger partial charge >= 0.3 is 0 Å². The molecular weight excluding hydrogens is 214 g/mol. The summed E-state index contributed by atoms with van der Waals surface area (Å²) in [6.07, 6.45) is 3.58. The summed E-state index contributed by atoms with van der Waals surface area (Å²) in [4.78, 5) is 6.79. The SMILES string of the molecule is CCC1CCCN1c1nc2c(N)cccc2o1. The molecule has 1 atom stereocenters. The van der Waals surface area contributed by atoms with Gasteiger partial charge in [0, 0.05) is 12.6 Å². The van der Waals surface area contributed by atoms with Crippen LogP contribution in [0.25, 0.3) is 11.1 Å². The number of nitrogens with two attached hydrogens (primary N) is 1. The Balaban J connectivity index is 2.03. The number of nitrogen functional groups attached to an aromatic ring is 1. The molecule has 2 aromatic rings. The van der Waals surface area contributed by atoms with E-state index in [-0.39, 0.29) is 0 Å². The number of benzene rings is 1. The molecule has 1 saturated heterocycles. The van der Waals surface area contributed by atoms with E-state index < -0.39 is 0 Å². The fraction of sp³-hybridized carbons (Fsp3) is 0.462. The van der Waals surface area contributed by atoms with Crippen molar-refractivity contribution >= 4 is 22.8 Å². The van der Waals surface area contributed by atoms with Gasteiger partial charge in [0.05, 0.1) is 5.69 Å². The largest absolute Gasteiger partial charge is 0.423 e. The molecular formula is C13H17N3O. The first kappa shape index (κ1) is 10.4. The van der Waals surface area contributed by atoms with Gasteiger partial charge in [0.1, 0.15) is 5.52 Å². The zero-order chi connectivity index (χ0) is 11.8. The minimum Gasteiger partial charge on any atom is -0.423 e. The van der Waals surface area contributed by atoms with Crippen LogP contribution in [0, 0.1) is 0 Å². The van der Waals surface area contributed by atoms with Crippen molar-refractivity contribution < 1.29 is 4.42 Å². The predicted molar refractivity (Wildman–Crippen MR) is 69.1 cm³/mol. The number of para-hydroxylation sites is 1. The van der Waals surface area contributed by atoms with Crippen LogP contribution in [0.3, 0.4) is 0 Å². The third-order valence-corrected chi connectivity index (χ3v) is 3.53. The predicted octanol–water partition coefficient (Wildman–Crippen LogP) is 2.79. The molecule has 4 nitrogen and oxygen atoms in total. The van der Waals surface area contributed by atoms with Gasteiger partial charge in [-0.25, -0.2) is 0 Å². The first-order valence-electron chi connectivity index (χ1n) is 6.21. The molecule has 1 aliphatic rings. The Hall–Kier alpha value is -1.71. The average Bonchev–Trinajstić information content (AvgIpc) is 2.94. The van der Waals surface area contributed by atoms with Crippen LogP contribution in [-0.2, 0) is 0 Å². The van der Waals surface area contributed by atoms with Gasteiger partial charge in [-0.05, 0) is 31.4 Å². The molecule has 90 valence electrons. The summed E-state index contributed by atoms with van der Waals surface area (Å²) >= 11 is 0. The van der Waals surface area contributed by atoms with Crippen molar-refractivity contribution in [1.82, 2.24) is 4.98 Å². The van der Waals surface area contributed by atoms with Crippen LogP contribution in [-0.4, -0.2) is 17.6 Å². The van der Waals surface area contributed by atoms with E-state index >= 15 is 0 Å². The van der Waals surface area contributed by atoms with Crippen LogP contribution in [0.1, 0.15) is 26.2 Å². The smallest absolute Gasteiger partial charge is 0.298 e. The Labute approximate surface area is 100 Å². The van der Waals surface area contributed by atoms with Crippen molar-refractivity contribution in [1.29, 1.82) is 0 Å². The van der Waals surface area contributed by atoms with Gasteiger partial charge in [-0.1, -0.05) is 13.0 Å². The third-order valence-electron chi connectivity index (χ3n) is 3.53. The van der Waals surface area contributed by atoms with E-state index in [1.165, 1.54) is 12.8 Å². The standard InChI is InChI=1S/C13H17N3O/c1-2-9-5-4-8-16(9)13-15-12-10(14)6-3-7-11(12)17-13/h3,6-7,9H,2,4-5,8,14H2,1H3. The molecule has 1 aromatic carbocycles. The highest BCUT2D eigenvalue weighted by Crippen LogP contribution is 2.31. The third kappa shape index (κ3) is 1.64. The summed E-state index contributed by atoms with van der Waals surface area (Å²) in [6, 6.07) is 6.95. The summed E-state index contributed by atoms with van der Waals surface area (Å²) in [6.45, 7) is 3.24. The molecule has 1 aromatic heterocycles. The number of anilines is 2. The summed E-state index contributed by atoms with van der Waals surface area (Å²) in [5.41, 5.74) is 8.14. The van der Waals surface area contributed by atoms with Crippen molar-refractivity contribution in [2.24, 2.45) is 0 Å². The molecule has 1 unspecified atom stereocenters. The van der Waals surface area contributed by atoms with Gasteiger partial charge in [-0.3, -0.25) is 0 Å². The lowest BCUT2D eigenvalue weighted by molar-refractivity contribution is 0.541. The number of oxazole rings is 1. The fourth-order valence-electron chi connectivity index (χ4n) is 2.59. The molecule has 17 heavy (non-hydrogen) atoms. The number of hydrogen-bond acceptors (Lipinski definition) is 4. The number of hydrogen-bond donors (Lipinski definition) is 1. The maximum absolute atomic E-state index is 5.89. The molecule has 3 rings (SSSR count). The molecule has 4 heteroatoms. The summed E-state index contributed by atoms with van der Waals surface area (Å²) in [5, 5.41) is 0. The molecule has 1 aliphatic heterocycles. The van der Waals surface area contributed by atoms with Crippen molar-refractivity contribution in [3.05, 3.63) is 18.2 Å². The van der Waals surface area contributed by atoms with E-state index in [2.05, 4.69) is 16.8 Å². The Morgan fingerprint density at radius 2 is 2.41 bits per heavy atom. The van der Waals surface area contributed by atoms with E-state index in [1.54, 1.807) is 0 Å². The minimum atomic E-state index is 0.560. The molecule has 0 saturated carbocycles. The lowest BCUT2D eigenvalue weighted by Gasteiger charge is -2.20. The average molecular weight is 231 g/mol.